The van der Waals surface area contributed by atoms with Gasteiger partial charge in [-0.15, -0.1) is 0 Å². The molecule has 0 aliphatic heterocycles. The van der Waals surface area contributed by atoms with Crippen LogP contribution >= 0.6 is 15.9 Å². The Hall–Kier alpha value is -0.0500. The van der Waals surface area contributed by atoms with Crippen LogP contribution in [0.25, 0.3) is 0 Å². The lowest BCUT2D eigenvalue weighted by molar-refractivity contribution is -0.118. The Kier molecular flexibility index (Phi) is 4.78. The van der Waals surface area contributed by atoms with E-state index < -0.39 is 0 Å². The Balaban J connectivity index is 2.22. The van der Waals surface area contributed by atoms with Gasteiger partial charge in [-0.05, 0) is 18.3 Å². The second kappa shape index (κ2) is 5.63. The van der Waals surface area contributed by atoms with E-state index in [1.165, 1.54) is 25.7 Å². The van der Waals surface area contributed by atoms with Crippen LogP contribution < -0.4 is 5.32 Å². The summed E-state index contributed by atoms with van der Waals surface area (Å²) >= 11 is 3.14. The molecule has 1 amide bonds. The summed E-state index contributed by atoms with van der Waals surface area (Å²) in [6.45, 7) is 3.16. The smallest absolute Gasteiger partial charge is 0.230 e. The van der Waals surface area contributed by atoms with Crippen LogP contribution in [0, 0.1) is 11.8 Å². The highest BCUT2D eigenvalue weighted by atomic mass is 79.9. The zero-order chi connectivity index (χ0) is 9.68. The van der Waals surface area contributed by atoms with Crippen LogP contribution in [0.15, 0.2) is 0 Å². The van der Waals surface area contributed by atoms with Gasteiger partial charge in [0.15, 0.2) is 0 Å². The zero-order valence-corrected chi connectivity index (χ0v) is 9.77. The van der Waals surface area contributed by atoms with Gasteiger partial charge in [0.05, 0.1) is 5.33 Å². The van der Waals surface area contributed by atoms with Crippen molar-refractivity contribution in [1.82, 2.24) is 5.32 Å². The highest BCUT2D eigenvalue weighted by Gasteiger charge is 2.21. The molecule has 0 aromatic carbocycles. The molecule has 13 heavy (non-hydrogen) atoms. The summed E-state index contributed by atoms with van der Waals surface area (Å²) < 4.78 is 0. The molecule has 0 radical (unpaired) electrons. The third kappa shape index (κ3) is 3.67. The third-order valence-corrected chi connectivity index (χ3v) is 3.48. The van der Waals surface area contributed by atoms with Gasteiger partial charge >= 0.3 is 0 Å². The molecule has 0 heterocycles. The molecule has 0 saturated heterocycles. The number of hydrogen-bond donors (Lipinski definition) is 1. The van der Waals surface area contributed by atoms with Crippen LogP contribution in [0.2, 0.25) is 0 Å². The average Bonchev–Trinajstić information content (AvgIpc) is 2.16. The first-order valence-corrected chi connectivity index (χ1v) is 6.19. The summed E-state index contributed by atoms with van der Waals surface area (Å²) in [5.74, 6) is 1.60. The minimum Gasteiger partial charge on any atom is -0.355 e. The second-order valence-electron chi connectivity index (χ2n) is 3.96. The molecule has 2 nitrogen and oxygen atoms in total. The Morgan fingerprint density at radius 1 is 1.46 bits per heavy atom. The van der Waals surface area contributed by atoms with Crippen LogP contribution in [-0.2, 0) is 4.79 Å². The van der Waals surface area contributed by atoms with Crippen molar-refractivity contribution in [2.24, 2.45) is 11.8 Å². The number of rotatable bonds is 3. The van der Waals surface area contributed by atoms with Crippen molar-refractivity contribution in [2.75, 3.05) is 11.9 Å². The lowest BCUT2D eigenvalue weighted by atomic mass is 9.80. The van der Waals surface area contributed by atoms with Gasteiger partial charge in [0.25, 0.3) is 0 Å². The molecular weight excluding hydrogens is 230 g/mol. The lowest BCUT2D eigenvalue weighted by Crippen LogP contribution is -2.33. The maximum Gasteiger partial charge on any atom is 0.230 e. The summed E-state index contributed by atoms with van der Waals surface area (Å²) in [5.41, 5.74) is 0. The van der Waals surface area contributed by atoms with Crippen molar-refractivity contribution in [3.63, 3.8) is 0 Å². The lowest BCUT2D eigenvalue weighted by Gasteiger charge is -2.28. The van der Waals surface area contributed by atoms with Gasteiger partial charge in [-0.2, -0.15) is 0 Å². The fourth-order valence-electron chi connectivity index (χ4n) is 1.99. The summed E-state index contributed by atoms with van der Waals surface area (Å²) in [4.78, 5) is 11.0. The Morgan fingerprint density at radius 3 is 2.77 bits per heavy atom. The van der Waals surface area contributed by atoms with Crippen molar-refractivity contribution in [3.8, 4) is 0 Å². The molecule has 1 aliphatic carbocycles. The maximum absolute atomic E-state index is 11.0. The molecule has 1 aliphatic rings. The van der Waals surface area contributed by atoms with Gasteiger partial charge in [0.2, 0.25) is 5.91 Å². The number of carbonyl (C=O) groups excluding carboxylic acids is 1. The quantitative estimate of drug-likeness (QED) is 0.763. The topological polar surface area (TPSA) is 29.1 Å². The predicted octanol–water partition coefficient (Wildman–Crippen LogP) is 2.32. The molecule has 2 unspecified atom stereocenters. The molecule has 0 bridgehead atoms. The van der Waals surface area contributed by atoms with Crippen LogP contribution in [0.4, 0.5) is 0 Å². The molecule has 1 fully saturated rings. The van der Waals surface area contributed by atoms with Crippen LogP contribution in [0.1, 0.15) is 32.6 Å². The second-order valence-corrected chi connectivity index (χ2v) is 4.52. The van der Waals surface area contributed by atoms with Crippen LogP contribution in [0.5, 0.6) is 0 Å². The molecule has 3 heteroatoms. The Labute approximate surface area is 88.6 Å². The number of nitrogens with one attached hydrogen (secondary N) is 1. The van der Waals surface area contributed by atoms with Crippen LogP contribution in [-0.4, -0.2) is 17.8 Å². The molecular formula is C10H18BrNO. The van der Waals surface area contributed by atoms with Gasteiger partial charge in [0, 0.05) is 6.54 Å². The van der Waals surface area contributed by atoms with Gasteiger partial charge in [-0.25, -0.2) is 0 Å². The maximum atomic E-state index is 11.0. The van der Waals surface area contributed by atoms with E-state index in [9.17, 15) is 4.79 Å². The van der Waals surface area contributed by atoms with E-state index in [1.54, 1.807) is 0 Å². The average molecular weight is 248 g/mol. The van der Waals surface area contributed by atoms with Crippen LogP contribution in [0.3, 0.4) is 0 Å². The van der Waals surface area contributed by atoms with Crippen molar-refractivity contribution >= 4 is 21.8 Å². The van der Waals surface area contributed by atoms with Gasteiger partial charge < -0.3 is 5.32 Å². The van der Waals surface area contributed by atoms with E-state index in [0.717, 1.165) is 12.5 Å². The SMILES string of the molecule is CC1CCCCC1CNC(=O)CBr. The summed E-state index contributed by atoms with van der Waals surface area (Å²) in [6, 6.07) is 0. The van der Waals surface area contributed by atoms with Gasteiger partial charge in [-0.3, -0.25) is 4.79 Å². The zero-order valence-electron chi connectivity index (χ0n) is 8.18. The summed E-state index contributed by atoms with van der Waals surface area (Å²) in [5, 5.41) is 3.37. The van der Waals surface area contributed by atoms with Crippen molar-refractivity contribution in [2.45, 2.75) is 32.6 Å². The minimum atomic E-state index is 0.109. The number of amides is 1. The third-order valence-electron chi connectivity index (χ3n) is 2.97. The molecule has 2 atom stereocenters. The number of alkyl halides is 1. The van der Waals surface area contributed by atoms with E-state index in [4.69, 9.17) is 0 Å². The van der Waals surface area contributed by atoms with E-state index in [1.807, 2.05) is 0 Å². The summed E-state index contributed by atoms with van der Waals surface area (Å²) in [6.07, 6.45) is 5.31. The fourth-order valence-corrected chi connectivity index (χ4v) is 2.19. The fraction of sp³-hybridized carbons (Fsp3) is 0.900. The predicted molar refractivity (Wildman–Crippen MR) is 57.9 cm³/mol. The first-order valence-electron chi connectivity index (χ1n) is 5.06. The van der Waals surface area contributed by atoms with Crippen molar-refractivity contribution < 1.29 is 4.79 Å². The first kappa shape index (κ1) is 11.0. The molecule has 0 spiro atoms. The molecule has 76 valence electrons. The Bertz CT molecular complexity index is 172. The Morgan fingerprint density at radius 2 is 2.15 bits per heavy atom. The normalized spacial score (nSPS) is 28.5. The van der Waals surface area contributed by atoms with Gasteiger partial charge in [0.1, 0.15) is 0 Å². The molecule has 1 N–H and O–H groups in total. The highest BCUT2D eigenvalue weighted by Crippen LogP contribution is 2.28. The molecule has 1 rings (SSSR count). The first-order chi connectivity index (χ1) is 6.24. The number of carbonyl (C=O) groups is 1. The highest BCUT2D eigenvalue weighted by molar-refractivity contribution is 9.09. The van der Waals surface area contributed by atoms with E-state index in [-0.39, 0.29) is 5.91 Å². The number of halogens is 1. The number of hydrogen-bond acceptors (Lipinski definition) is 1. The van der Waals surface area contributed by atoms with E-state index in [2.05, 4.69) is 28.2 Å². The van der Waals surface area contributed by atoms with Gasteiger partial charge in [-0.1, -0.05) is 42.1 Å². The van der Waals surface area contributed by atoms with E-state index >= 15 is 0 Å². The largest absolute Gasteiger partial charge is 0.355 e. The van der Waals surface area contributed by atoms with Crippen molar-refractivity contribution in [1.29, 1.82) is 0 Å². The summed E-state index contributed by atoms with van der Waals surface area (Å²) in [7, 11) is 0. The van der Waals surface area contributed by atoms with E-state index in [0.29, 0.717) is 11.2 Å². The monoisotopic (exact) mass is 247 g/mol. The molecule has 1 saturated carbocycles. The van der Waals surface area contributed by atoms with Crippen molar-refractivity contribution in [3.05, 3.63) is 0 Å². The molecule has 0 aromatic rings. The minimum absolute atomic E-state index is 0.109. The molecule has 0 aromatic heterocycles. The standard InChI is InChI=1S/C10H18BrNO/c1-8-4-2-3-5-9(8)7-12-10(13)6-11/h8-9H,2-7H2,1H3,(H,12,13).